The van der Waals surface area contributed by atoms with E-state index >= 15 is 0 Å². The molecule has 0 N–H and O–H groups in total. The van der Waals surface area contributed by atoms with Crippen molar-refractivity contribution in [2.45, 2.75) is 32.9 Å². The summed E-state index contributed by atoms with van der Waals surface area (Å²) < 4.78 is 15.1. The first-order valence-electron chi connectivity index (χ1n) is 10.5. The Hall–Kier alpha value is -2.38. The number of carbonyl (C=O) groups excluding carboxylic acids is 1. The molecule has 1 aromatic heterocycles. The van der Waals surface area contributed by atoms with Crippen molar-refractivity contribution in [1.29, 1.82) is 0 Å². The molecule has 2 aromatic carbocycles. The maximum atomic E-state index is 13.7. The summed E-state index contributed by atoms with van der Waals surface area (Å²) in [7, 11) is 0. The van der Waals surface area contributed by atoms with E-state index in [0.717, 1.165) is 0 Å². The fourth-order valence-corrected chi connectivity index (χ4v) is 4.53. The number of thioether (sulfide) groups is 1. The summed E-state index contributed by atoms with van der Waals surface area (Å²) in [5, 5.41) is 0.707. The highest BCUT2D eigenvalue weighted by atomic mass is 35.5. The number of halogens is 2. The summed E-state index contributed by atoms with van der Waals surface area (Å²) in [4.78, 5) is 32.8. The van der Waals surface area contributed by atoms with E-state index in [1.165, 1.54) is 34.5 Å². The molecule has 0 fully saturated rings. The second-order valence-corrected chi connectivity index (χ2v) is 9.88. The summed E-state index contributed by atoms with van der Waals surface area (Å²) in [6.45, 7) is 9.65. The van der Waals surface area contributed by atoms with Gasteiger partial charge < -0.3 is 4.90 Å². The lowest BCUT2D eigenvalue weighted by Gasteiger charge is -2.26. The van der Waals surface area contributed by atoms with Gasteiger partial charge >= 0.3 is 0 Å². The summed E-state index contributed by atoms with van der Waals surface area (Å²) in [5.41, 5.74) is 0.642. The Morgan fingerprint density at radius 2 is 1.78 bits per heavy atom. The van der Waals surface area contributed by atoms with Crippen molar-refractivity contribution in [1.82, 2.24) is 14.5 Å². The van der Waals surface area contributed by atoms with E-state index in [4.69, 9.17) is 11.6 Å². The summed E-state index contributed by atoms with van der Waals surface area (Å²) in [5.74, 6) is 0.254. The Morgan fingerprint density at radius 3 is 2.41 bits per heavy atom. The van der Waals surface area contributed by atoms with Crippen molar-refractivity contribution in [2.24, 2.45) is 11.8 Å². The molecule has 0 saturated carbocycles. The van der Waals surface area contributed by atoms with Gasteiger partial charge in [0.1, 0.15) is 5.82 Å². The molecule has 0 atom stereocenters. The van der Waals surface area contributed by atoms with E-state index < -0.39 is 5.82 Å². The van der Waals surface area contributed by atoms with Crippen LogP contribution in [-0.2, 0) is 4.79 Å². The minimum absolute atomic E-state index is 0.0107. The third-order valence-electron chi connectivity index (χ3n) is 4.75. The number of fused-ring (bicyclic) bond motifs is 1. The molecule has 0 aliphatic heterocycles. The summed E-state index contributed by atoms with van der Waals surface area (Å²) in [6.07, 6.45) is 0. The van der Waals surface area contributed by atoms with Crippen molar-refractivity contribution < 1.29 is 9.18 Å². The first-order chi connectivity index (χ1) is 15.2. The van der Waals surface area contributed by atoms with Gasteiger partial charge in [-0.3, -0.25) is 14.2 Å². The molecule has 0 aliphatic rings. The highest BCUT2D eigenvalue weighted by Gasteiger charge is 2.20. The van der Waals surface area contributed by atoms with Gasteiger partial charge in [-0.15, -0.1) is 0 Å². The average molecular weight is 476 g/mol. The largest absolute Gasteiger partial charge is 0.341 e. The van der Waals surface area contributed by atoms with Crippen molar-refractivity contribution in [3.05, 3.63) is 63.7 Å². The van der Waals surface area contributed by atoms with Crippen LogP contribution in [0.15, 0.2) is 52.4 Å². The van der Waals surface area contributed by atoms with Gasteiger partial charge in [-0.25, -0.2) is 9.37 Å². The zero-order chi connectivity index (χ0) is 23.4. The molecule has 0 aliphatic carbocycles. The number of hydrogen-bond donors (Lipinski definition) is 0. The number of nitrogens with zero attached hydrogens (tertiary/aromatic N) is 3. The topological polar surface area (TPSA) is 55.2 Å². The summed E-state index contributed by atoms with van der Waals surface area (Å²) >= 11 is 7.17. The first kappa shape index (κ1) is 24.3. The number of para-hydroxylation sites is 1. The van der Waals surface area contributed by atoms with Crippen molar-refractivity contribution in [2.75, 3.05) is 18.8 Å². The molecule has 1 heterocycles. The van der Waals surface area contributed by atoms with Crippen LogP contribution in [-0.4, -0.2) is 39.2 Å². The molecule has 0 radical (unpaired) electrons. The third kappa shape index (κ3) is 5.70. The number of hydrogen-bond acceptors (Lipinski definition) is 4. The highest BCUT2D eigenvalue weighted by Crippen LogP contribution is 2.25. The quantitative estimate of drug-likeness (QED) is 0.323. The van der Waals surface area contributed by atoms with Crippen molar-refractivity contribution >= 4 is 40.2 Å². The molecule has 0 saturated heterocycles. The number of benzene rings is 2. The highest BCUT2D eigenvalue weighted by molar-refractivity contribution is 7.99. The Labute approximate surface area is 196 Å². The minimum atomic E-state index is -0.570. The molecular formula is C24H27ClFN3O2S. The fourth-order valence-electron chi connectivity index (χ4n) is 3.44. The van der Waals surface area contributed by atoms with Gasteiger partial charge in [-0.05, 0) is 42.2 Å². The van der Waals surface area contributed by atoms with Crippen LogP contribution >= 0.6 is 23.4 Å². The smallest absolute Gasteiger partial charge is 0.266 e. The molecule has 0 bridgehead atoms. The van der Waals surface area contributed by atoms with E-state index in [1.54, 1.807) is 24.3 Å². The molecule has 170 valence electrons. The van der Waals surface area contributed by atoms with Crippen LogP contribution in [0.25, 0.3) is 16.6 Å². The van der Waals surface area contributed by atoms with Crippen molar-refractivity contribution in [3.8, 4) is 5.69 Å². The van der Waals surface area contributed by atoms with Gasteiger partial charge in [-0.1, -0.05) is 63.2 Å². The number of amides is 1. The minimum Gasteiger partial charge on any atom is -0.341 e. The van der Waals surface area contributed by atoms with Gasteiger partial charge in [0.15, 0.2) is 5.16 Å². The maximum Gasteiger partial charge on any atom is 0.266 e. The zero-order valence-corrected chi connectivity index (χ0v) is 20.2. The van der Waals surface area contributed by atoms with E-state index in [2.05, 4.69) is 32.7 Å². The molecular weight excluding hydrogens is 449 g/mol. The van der Waals surface area contributed by atoms with Gasteiger partial charge in [0, 0.05) is 13.1 Å². The van der Waals surface area contributed by atoms with Crippen LogP contribution in [0.4, 0.5) is 4.39 Å². The Balaban J connectivity index is 2.00. The van der Waals surface area contributed by atoms with Crippen LogP contribution in [0.1, 0.15) is 27.7 Å². The fraction of sp³-hybridized carbons (Fsp3) is 0.375. The lowest BCUT2D eigenvalue weighted by molar-refractivity contribution is -0.129. The van der Waals surface area contributed by atoms with Crippen molar-refractivity contribution in [3.63, 3.8) is 0 Å². The second-order valence-electron chi connectivity index (χ2n) is 8.53. The van der Waals surface area contributed by atoms with E-state index in [9.17, 15) is 14.0 Å². The van der Waals surface area contributed by atoms with Gasteiger partial charge in [0.25, 0.3) is 5.56 Å². The predicted octanol–water partition coefficient (Wildman–Crippen LogP) is 5.41. The Kier molecular flexibility index (Phi) is 7.96. The first-order valence-corrected chi connectivity index (χ1v) is 11.9. The lowest BCUT2D eigenvalue weighted by Crippen LogP contribution is -2.38. The van der Waals surface area contributed by atoms with Gasteiger partial charge in [-0.2, -0.15) is 0 Å². The zero-order valence-electron chi connectivity index (χ0n) is 18.6. The molecule has 32 heavy (non-hydrogen) atoms. The number of carbonyl (C=O) groups is 1. The molecule has 8 heteroatoms. The predicted molar refractivity (Wildman–Crippen MR) is 129 cm³/mol. The van der Waals surface area contributed by atoms with E-state index in [-0.39, 0.29) is 22.2 Å². The normalized spacial score (nSPS) is 11.5. The number of rotatable bonds is 8. The van der Waals surface area contributed by atoms with Crippen LogP contribution in [0.2, 0.25) is 5.02 Å². The Bertz CT molecular complexity index is 1170. The molecule has 0 spiro atoms. The standard InChI is InChI=1S/C24H27ClFN3O2S/c1-15(2)12-28(13-16(3)4)22(30)14-32-24-27-21-8-6-5-7-18(21)23(31)29(24)17-9-10-20(26)19(25)11-17/h5-11,15-16H,12-14H2,1-4H3. The number of aromatic nitrogens is 2. The Morgan fingerprint density at radius 1 is 1.12 bits per heavy atom. The molecule has 3 rings (SSSR count). The summed E-state index contributed by atoms with van der Waals surface area (Å²) in [6, 6.07) is 11.1. The monoisotopic (exact) mass is 475 g/mol. The third-order valence-corrected chi connectivity index (χ3v) is 5.97. The van der Waals surface area contributed by atoms with Crippen LogP contribution in [0.3, 0.4) is 0 Å². The lowest BCUT2D eigenvalue weighted by atomic mass is 10.1. The van der Waals surface area contributed by atoms with E-state index in [0.29, 0.717) is 46.7 Å². The molecule has 0 unspecified atom stereocenters. The van der Waals surface area contributed by atoms with E-state index in [1.807, 2.05) is 4.90 Å². The van der Waals surface area contributed by atoms with Crippen LogP contribution < -0.4 is 5.56 Å². The molecule has 3 aromatic rings. The van der Waals surface area contributed by atoms with Gasteiger partial charge in [0.2, 0.25) is 5.91 Å². The molecule has 1 amide bonds. The molecule has 5 nitrogen and oxygen atoms in total. The SMILES string of the molecule is CC(C)CN(CC(C)C)C(=O)CSc1nc2ccccc2c(=O)n1-c1ccc(F)c(Cl)c1. The maximum absolute atomic E-state index is 13.7. The van der Waals surface area contributed by atoms with Crippen LogP contribution in [0.5, 0.6) is 0 Å². The average Bonchev–Trinajstić information content (AvgIpc) is 2.73. The van der Waals surface area contributed by atoms with Gasteiger partial charge in [0.05, 0.1) is 27.4 Å². The van der Waals surface area contributed by atoms with Crippen LogP contribution in [0, 0.1) is 17.7 Å². The second kappa shape index (κ2) is 10.5.